The summed E-state index contributed by atoms with van der Waals surface area (Å²) in [5, 5.41) is 23.4. The van der Waals surface area contributed by atoms with Gasteiger partial charge >= 0.3 is 10.1 Å². The predicted octanol–water partition coefficient (Wildman–Crippen LogP) is 5.21. The van der Waals surface area contributed by atoms with Gasteiger partial charge in [0.05, 0.1) is 20.7 Å². The number of carbonyl (C=O) groups is 1. The van der Waals surface area contributed by atoms with Gasteiger partial charge in [0, 0.05) is 6.07 Å². The topological polar surface area (TPSA) is 139 Å². The lowest BCUT2D eigenvalue weighted by Gasteiger charge is -2.09. The van der Waals surface area contributed by atoms with Gasteiger partial charge < -0.3 is 9.50 Å². The normalized spacial score (nSPS) is 11.4. The highest BCUT2D eigenvalue weighted by Crippen LogP contribution is 2.30. The van der Waals surface area contributed by atoms with E-state index in [1.165, 1.54) is 54.6 Å². The van der Waals surface area contributed by atoms with Crippen LogP contribution in [0, 0.1) is 21.4 Å². The smallest absolute Gasteiger partial charge is 0.346 e. The molecule has 0 saturated heterocycles. The van der Waals surface area contributed by atoms with Crippen LogP contribution in [-0.4, -0.2) is 19.2 Å². The number of halogens is 2. The Morgan fingerprint density at radius 2 is 1.71 bits per heavy atom. The van der Waals surface area contributed by atoms with Crippen LogP contribution in [0.1, 0.15) is 5.56 Å². The molecule has 0 aliphatic carbocycles. The fourth-order valence-corrected chi connectivity index (χ4v) is 4.34. The number of anilines is 1. The number of rotatable bonds is 7. The van der Waals surface area contributed by atoms with E-state index < -0.39 is 31.5 Å². The molecular formula is C22H13Cl2N3O6S. The number of nitriles is 1. The first kappa shape index (κ1) is 24.7. The van der Waals surface area contributed by atoms with Crippen molar-refractivity contribution in [1.29, 1.82) is 5.26 Å². The lowest BCUT2D eigenvalue weighted by molar-refractivity contribution is -0.387. The average Bonchev–Trinajstić information content (AvgIpc) is 2.79. The second-order valence-electron chi connectivity index (χ2n) is 6.56. The summed E-state index contributed by atoms with van der Waals surface area (Å²) in [6.07, 6.45) is 1.20. The summed E-state index contributed by atoms with van der Waals surface area (Å²) in [5.74, 6) is -0.977. The molecule has 0 radical (unpaired) electrons. The van der Waals surface area contributed by atoms with Gasteiger partial charge in [-0.2, -0.15) is 13.7 Å². The first-order valence-electron chi connectivity index (χ1n) is 9.27. The molecule has 34 heavy (non-hydrogen) atoms. The Bertz CT molecular complexity index is 1450. The molecule has 0 aromatic heterocycles. The molecule has 0 saturated carbocycles. The molecule has 12 heteroatoms. The van der Waals surface area contributed by atoms with E-state index in [2.05, 4.69) is 5.32 Å². The van der Waals surface area contributed by atoms with Crippen LogP contribution in [0.3, 0.4) is 0 Å². The average molecular weight is 518 g/mol. The fourth-order valence-electron chi connectivity index (χ4n) is 2.76. The van der Waals surface area contributed by atoms with Crippen molar-refractivity contribution in [2.75, 3.05) is 5.32 Å². The summed E-state index contributed by atoms with van der Waals surface area (Å²) in [6.45, 7) is 0. The van der Waals surface area contributed by atoms with Crippen LogP contribution in [0.4, 0.5) is 11.4 Å². The highest BCUT2D eigenvalue weighted by molar-refractivity contribution is 7.87. The quantitative estimate of drug-likeness (QED) is 0.149. The van der Waals surface area contributed by atoms with Gasteiger partial charge in [0.15, 0.2) is 4.90 Å². The molecular weight excluding hydrogens is 505 g/mol. The molecule has 0 spiro atoms. The second-order valence-corrected chi connectivity index (χ2v) is 8.88. The molecule has 1 N–H and O–H groups in total. The molecule has 0 aliphatic rings. The minimum atomic E-state index is -4.54. The van der Waals surface area contributed by atoms with E-state index in [1.807, 2.05) is 0 Å². The van der Waals surface area contributed by atoms with Gasteiger partial charge in [-0.05, 0) is 42.0 Å². The van der Waals surface area contributed by atoms with Crippen LogP contribution in [-0.2, 0) is 14.9 Å². The minimum absolute atomic E-state index is 0.129. The first-order chi connectivity index (χ1) is 16.1. The van der Waals surface area contributed by atoms with Crippen LogP contribution >= 0.6 is 23.2 Å². The van der Waals surface area contributed by atoms with Crippen molar-refractivity contribution >= 4 is 56.7 Å². The van der Waals surface area contributed by atoms with Gasteiger partial charge in [0.2, 0.25) is 0 Å². The van der Waals surface area contributed by atoms with Gasteiger partial charge in [-0.1, -0.05) is 53.5 Å². The maximum atomic E-state index is 12.6. The maximum absolute atomic E-state index is 12.6. The molecule has 3 rings (SSSR count). The molecule has 0 bridgehead atoms. The number of hydrogen-bond acceptors (Lipinski definition) is 7. The number of carbonyl (C=O) groups excluding carboxylic acids is 1. The summed E-state index contributed by atoms with van der Waals surface area (Å²) in [7, 11) is -4.54. The molecule has 3 aromatic rings. The van der Waals surface area contributed by atoms with Gasteiger partial charge in [-0.15, -0.1) is 0 Å². The number of hydrogen-bond donors (Lipinski definition) is 1. The fraction of sp³-hybridized carbons (Fsp3) is 0. The Hall–Kier alpha value is -3.91. The summed E-state index contributed by atoms with van der Waals surface area (Å²) in [5.41, 5.74) is -0.577. The lowest BCUT2D eigenvalue weighted by atomic mass is 10.1. The number of nitrogens with one attached hydrogen (secondary N) is 1. The highest BCUT2D eigenvalue weighted by atomic mass is 35.5. The first-order valence-corrected chi connectivity index (χ1v) is 11.4. The highest BCUT2D eigenvalue weighted by Gasteiger charge is 2.27. The number of nitrogens with zero attached hydrogens (tertiary/aromatic N) is 2. The van der Waals surface area contributed by atoms with Gasteiger partial charge in [-0.3, -0.25) is 14.9 Å². The molecule has 0 aliphatic heterocycles. The maximum Gasteiger partial charge on any atom is 0.346 e. The van der Waals surface area contributed by atoms with E-state index in [0.717, 1.165) is 12.1 Å². The summed E-state index contributed by atoms with van der Waals surface area (Å²) in [6, 6.07) is 16.6. The third-order valence-corrected chi connectivity index (χ3v) is 6.20. The molecule has 0 heterocycles. The van der Waals surface area contributed by atoms with Crippen molar-refractivity contribution in [3.8, 4) is 11.8 Å². The minimum Gasteiger partial charge on any atom is -0.379 e. The Labute approximate surface area is 204 Å². The van der Waals surface area contributed by atoms with Gasteiger partial charge in [0.25, 0.3) is 11.6 Å². The van der Waals surface area contributed by atoms with Gasteiger partial charge in [-0.25, -0.2) is 0 Å². The van der Waals surface area contributed by atoms with Crippen molar-refractivity contribution < 1.29 is 22.3 Å². The van der Waals surface area contributed by atoms with Crippen molar-refractivity contribution in [1.82, 2.24) is 0 Å². The van der Waals surface area contributed by atoms with E-state index in [-0.39, 0.29) is 32.6 Å². The number of nitro benzene ring substituents is 1. The zero-order chi connectivity index (χ0) is 24.9. The van der Waals surface area contributed by atoms with E-state index in [1.54, 1.807) is 12.1 Å². The summed E-state index contributed by atoms with van der Waals surface area (Å²) >= 11 is 12.1. The van der Waals surface area contributed by atoms with Gasteiger partial charge in [0.1, 0.15) is 17.4 Å². The van der Waals surface area contributed by atoms with E-state index in [9.17, 15) is 28.6 Å². The Morgan fingerprint density at radius 3 is 2.35 bits per heavy atom. The van der Waals surface area contributed by atoms with Crippen LogP contribution in [0.2, 0.25) is 10.0 Å². The predicted molar refractivity (Wildman–Crippen MR) is 126 cm³/mol. The number of para-hydroxylation sites is 2. The summed E-state index contributed by atoms with van der Waals surface area (Å²) in [4.78, 5) is 22.3. The summed E-state index contributed by atoms with van der Waals surface area (Å²) < 4.78 is 30.3. The standard InChI is InChI=1S/C22H13Cl2N3O6S/c23-17-7-4-8-18(24)21(17)26-22(28)15(13-25)11-14-5-3-6-16(12-14)33-34(31,32)20-10-2-1-9-19(20)27(29)30/h1-12H,(H,26,28)/b15-11+. The van der Waals surface area contributed by atoms with Crippen LogP contribution in [0.5, 0.6) is 5.75 Å². The lowest BCUT2D eigenvalue weighted by Crippen LogP contribution is -2.14. The zero-order valence-electron chi connectivity index (χ0n) is 16.9. The van der Waals surface area contributed by atoms with E-state index >= 15 is 0 Å². The molecule has 0 unspecified atom stereocenters. The number of benzene rings is 3. The van der Waals surface area contributed by atoms with Crippen molar-refractivity contribution in [2.45, 2.75) is 4.90 Å². The van der Waals surface area contributed by atoms with E-state index in [0.29, 0.717) is 0 Å². The van der Waals surface area contributed by atoms with Crippen molar-refractivity contribution in [2.24, 2.45) is 0 Å². The van der Waals surface area contributed by atoms with Crippen molar-refractivity contribution in [3.05, 3.63) is 98.0 Å². The van der Waals surface area contributed by atoms with Crippen LogP contribution < -0.4 is 9.50 Å². The second kappa shape index (κ2) is 10.4. The molecule has 172 valence electrons. The molecule has 0 fully saturated rings. The van der Waals surface area contributed by atoms with E-state index in [4.69, 9.17) is 27.4 Å². The Kier molecular flexibility index (Phi) is 7.53. The third kappa shape index (κ3) is 5.71. The number of amides is 1. The molecule has 3 aromatic carbocycles. The number of nitro groups is 1. The third-order valence-electron chi connectivity index (χ3n) is 4.27. The molecule has 1 amide bonds. The molecule has 9 nitrogen and oxygen atoms in total. The Morgan fingerprint density at radius 1 is 1.06 bits per heavy atom. The molecule has 0 atom stereocenters. The Balaban J connectivity index is 1.88. The SMILES string of the molecule is N#C/C(=C\c1cccc(OS(=O)(=O)c2ccccc2[N+](=O)[O-])c1)C(=O)Nc1c(Cl)cccc1Cl. The van der Waals surface area contributed by atoms with Crippen molar-refractivity contribution in [3.63, 3.8) is 0 Å². The van der Waals surface area contributed by atoms with Crippen LogP contribution in [0.25, 0.3) is 6.08 Å². The zero-order valence-corrected chi connectivity index (χ0v) is 19.3. The monoisotopic (exact) mass is 517 g/mol. The van der Waals surface area contributed by atoms with Crippen LogP contribution in [0.15, 0.2) is 77.2 Å². The largest absolute Gasteiger partial charge is 0.379 e.